The number of amidine groups is 1. The lowest BCUT2D eigenvalue weighted by molar-refractivity contribution is 0.202. The molecule has 0 saturated carbocycles. The summed E-state index contributed by atoms with van der Waals surface area (Å²) in [4.78, 5) is 7.15. The largest absolute Gasteiger partial charge is 0.353 e. The summed E-state index contributed by atoms with van der Waals surface area (Å²) < 4.78 is 0. The zero-order chi connectivity index (χ0) is 10.2. The monoisotopic (exact) mass is 195 g/mol. The summed E-state index contributed by atoms with van der Waals surface area (Å²) in [6, 6.07) is 0.525. The van der Waals surface area contributed by atoms with E-state index >= 15 is 0 Å². The molecule has 0 amide bonds. The average molecular weight is 195 g/mol. The molecule has 2 aliphatic rings. The molecular weight excluding hydrogens is 174 g/mol. The highest BCUT2D eigenvalue weighted by atomic mass is 15.3. The second kappa shape index (κ2) is 3.54. The van der Waals surface area contributed by atoms with Crippen LogP contribution in [0, 0.1) is 0 Å². The van der Waals surface area contributed by atoms with Gasteiger partial charge < -0.3 is 10.2 Å². The number of nitrogens with one attached hydrogen (secondary N) is 1. The molecule has 0 radical (unpaired) electrons. The molecule has 2 aliphatic heterocycles. The van der Waals surface area contributed by atoms with Crippen molar-refractivity contribution in [2.24, 2.45) is 4.99 Å². The fourth-order valence-corrected chi connectivity index (χ4v) is 2.34. The SMILES string of the molecule is CC(C)(C)N1CCNC2CCCN=C21. The van der Waals surface area contributed by atoms with Gasteiger partial charge in [-0.05, 0) is 33.6 Å². The molecule has 1 N–H and O–H groups in total. The van der Waals surface area contributed by atoms with Crippen LogP contribution >= 0.6 is 0 Å². The van der Waals surface area contributed by atoms with Crippen molar-refractivity contribution in [3.05, 3.63) is 0 Å². The van der Waals surface area contributed by atoms with Crippen molar-refractivity contribution < 1.29 is 0 Å². The van der Waals surface area contributed by atoms with Crippen LogP contribution in [0.5, 0.6) is 0 Å². The maximum atomic E-state index is 4.68. The molecule has 0 aromatic heterocycles. The third-order valence-corrected chi connectivity index (χ3v) is 3.05. The second-order valence-electron chi connectivity index (χ2n) is 5.21. The first-order valence-corrected chi connectivity index (χ1v) is 5.64. The van der Waals surface area contributed by atoms with Crippen molar-refractivity contribution in [3.63, 3.8) is 0 Å². The van der Waals surface area contributed by atoms with Crippen molar-refractivity contribution in [1.82, 2.24) is 10.2 Å². The van der Waals surface area contributed by atoms with Crippen molar-refractivity contribution in [3.8, 4) is 0 Å². The smallest absolute Gasteiger partial charge is 0.117 e. The molecule has 0 spiro atoms. The van der Waals surface area contributed by atoms with Crippen LogP contribution in [0.25, 0.3) is 0 Å². The first kappa shape index (κ1) is 9.97. The molecule has 1 unspecified atom stereocenters. The maximum Gasteiger partial charge on any atom is 0.117 e. The highest BCUT2D eigenvalue weighted by Crippen LogP contribution is 2.21. The number of piperazine rings is 1. The molecule has 0 aromatic rings. The number of nitrogens with zero attached hydrogens (tertiary/aromatic N) is 2. The van der Waals surface area contributed by atoms with Crippen molar-refractivity contribution in [2.75, 3.05) is 19.6 Å². The van der Waals surface area contributed by atoms with Gasteiger partial charge in [0, 0.05) is 25.2 Å². The molecule has 1 saturated heterocycles. The summed E-state index contributed by atoms with van der Waals surface area (Å²) in [7, 11) is 0. The molecule has 0 aromatic carbocycles. The van der Waals surface area contributed by atoms with Crippen molar-refractivity contribution in [2.45, 2.75) is 45.2 Å². The van der Waals surface area contributed by atoms with Gasteiger partial charge in [0.2, 0.25) is 0 Å². The van der Waals surface area contributed by atoms with E-state index < -0.39 is 0 Å². The Balaban J connectivity index is 2.20. The van der Waals surface area contributed by atoms with E-state index in [0.717, 1.165) is 19.6 Å². The van der Waals surface area contributed by atoms with E-state index in [9.17, 15) is 0 Å². The standard InChI is InChI=1S/C11H21N3/c1-11(2,3)14-8-7-12-9-5-4-6-13-10(9)14/h9,12H,4-8H2,1-3H3. The molecular formula is C11H21N3. The lowest BCUT2D eigenvalue weighted by Crippen LogP contribution is -2.61. The minimum atomic E-state index is 0.219. The van der Waals surface area contributed by atoms with Crippen LogP contribution in [0.1, 0.15) is 33.6 Å². The number of rotatable bonds is 0. The number of aliphatic imine (C=N–C) groups is 1. The zero-order valence-electron chi connectivity index (χ0n) is 9.51. The van der Waals surface area contributed by atoms with Gasteiger partial charge in [0.15, 0.2) is 0 Å². The highest BCUT2D eigenvalue weighted by molar-refractivity contribution is 5.89. The van der Waals surface area contributed by atoms with Gasteiger partial charge in [-0.2, -0.15) is 0 Å². The fraction of sp³-hybridized carbons (Fsp3) is 0.909. The second-order valence-corrected chi connectivity index (χ2v) is 5.21. The van der Waals surface area contributed by atoms with E-state index in [4.69, 9.17) is 0 Å². The quantitative estimate of drug-likeness (QED) is 0.630. The fourth-order valence-electron chi connectivity index (χ4n) is 2.34. The number of hydrogen-bond donors (Lipinski definition) is 1. The Bertz CT molecular complexity index is 239. The van der Waals surface area contributed by atoms with E-state index in [-0.39, 0.29) is 5.54 Å². The predicted octanol–water partition coefficient (Wildman–Crippen LogP) is 1.25. The summed E-state index contributed by atoms with van der Waals surface area (Å²) in [5.41, 5.74) is 0.219. The Hall–Kier alpha value is -0.570. The van der Waals surface area contributed by atoms with Gasteiger partial charge in [-0.25, -0.2) is 0 Å². The molecule has 2 rings (SSSR count). The van der Waals surface area contributed by atoms with Crippen LogP contribution < -0.4 is 5.32 Å². The Kier molecular flexibility index (Phi) is 2.52. The topological polar surface area (TPSA) is 27.6 Å². The van der Waals surface area contributed by atoms with Crippen LogP contribution in [-0.2, 0) is 0 Å². The Morgan fingerprint density at radius 2 is 2.21 bits per heavy atom. The molecule has 3 heteroatoms. The molecule has 1 atom stereocenters. The lowest BCUT2D eigenvalue weighted by atomic mass is 9.98. The molecule has 0 aliphatic carbocycles. The maximum absolute atomic E-state index is 4.68. The highest BCUT2D eigenvalue weighted by Gasteiger charge is 2.33. The Labute approximate surface area is 86.6 Å². The molecule has 2 heterocycles. The first-order chi connectivity index (χ1) is 6.59. The van der Waals surface area contributed by atoms with Crippen LogP contribution in [-0.4, -0.2) is 42.0 Å². The van der Waals surface area contributed by atoms with Gasteiger partial charge in [0.05, 0.1) is 6.04 Å². The zero-order valence-corrected chi connectivity index (χ0v) is 9.51. The van der Waals surface area contributed by atoms with E-state index in [1.54, 1.807) is 0 Å². The average Bonchev–Trinajstić information content (AvgIpc) is 2.15. The van der Waals surface area contributed by atoms with E-state index in [0.29, 0.717) is 6.04 Å². The minimum absolute atomic E-state index is 0.219. The summed E-state index contributed by atoms with van der Waals surface area (Å²) in [6.07, 6.45) is 2.49. The molecule has 14 heavy (non-hydrogen) atoms. The van der Waals surface area contributed by atoms with Crippen LogP contribution in [0.2, 0.25) is 0 Å². The van der Waals surface area contributed by atoms with Gasteiger partial charge in [0.25, 0.3) is 0 Å². The lowest BCUT2D eigenvalue weighted by Gasteiger charge is -2.45. The van der Waals surface area contributed by atoms with Crippen LogP contribution in [0.3, 0.4) is 0 Å². The summed E-state index contributed by atoms with van der Waals surface area (Å²) >= 11 is 0. The molecule has 1 fully saturated rings. The van der Waals surface area contributed by atoms with Gasteiger partial charge in [0.1, 0.15) is 5.84 Å². The first-order valence-electron chi connectivity index (χ1n) is 5.64. The molecule has 80 valence electrons. The third-order valence-electron chi connectivity index (χ3n) is 3.05. The minimum Gasteiger partial charge on any atom is -0.353 e. The Morgan fingerprint density at radius 1 is 1.43 bits per heavy atom. The third kappa shape index (κ3) is 1.78. The number of fused-ring (bicyclic) bond motifs is 1. The summed E-state index contributed by atoms with van der Waals surface area (Å²) in [5, 5.41) is 3.55. The van der Waals surface area contributed by atoms with Crippen LogP contribution in [0.15, 0.2) is 4.99 Å². The summed E-state index contributed by atoms with van der Waals surface area (Å²) in [6.45, 7) is 10.0. The van der Waals surface area contributed by atoms with Gasteiger partial charge in [-0.1, -0.05) is 0 Å². The summed E-state index contributed by atoms with van der Waals surface area (Å²) in [5.74, 6) is 1.30. The van der Waals surface area contributed by atoms with Crippen molar-refractivity contribution >= 4 is 5.84 Å². The number of hydrogen-bond acceptors (Lipinski definition) is 3. The van der Waals surface area contributed by atoms with Gasteiger partial charge in [-0.3, -0.25) is 4.99 Å². The molecule has 0 bridgehead atoms. The van der Waals surface area contributed by atoms with E-state index in [2.05, 4.69) is 36.0 Å². The molecule has 3 nitrogen and oxygen atoms in total. The normalized spacial score (nSPS) is 28.4. The van der Waals surface area contributed by atoms with E-state index in [1.807, 2.05) is 0 Å². The van der Waals surface area contributed by atoms with Gasteiger partial charge >= 0.3 is 0 Å². The van der Waals surface area contributed by atoms with Crippen molar-refractivity contribution in [1.29, 1.82) is 0 Å². The van der Waals surface area contributed by atoms with Gasteiger partial charge in [-0.15, -0.1) is 0 Å². The van der Waals surface area contributed by atoms with E-state index in [1.165, 1.54) is 18.7 Å². The Morgan fingerprint density at radius 3 is 2.93 bits per heavy atom. The predicted molar refractivity (Wildman–Crippen MR) is 59.8 cm³/mol. The van der Waals surface area contributed by atoms with Crippen LogP contribution in [0.4, 0.5) is 0 Å².